The van der Waals surface area contributed by atoms with Crippen LogP contribution in [0.4, 0.5) is 11.4 Å². The van der Waals surface area contributed by atoms with Crippen molar-refractivity contribution in [1.29, 1.82) is 0 Å². The van der Waals surface area contributed by atoms with Crippen LogP contribution in [0.2, 0.25) is 0 Å². The fourth-order valence-corrected chi connectivity index (χ4v) is 1.58. The molecular formula is C14H14N4O3. The molecule has 0 radical (unpaired) electrons. The smallest absolute Gasteiger partial charge is 0.273 e. The lowest BCUT2D eigenvalue weighted by molar-refractivity contribution is -0.385. The summed E-state index contributed by atoms with van der Waals surface area (Å²) in [5.41, 5.74) is 9.34. The van der Waals surface area contributed by atoms with Crippen LogP contribution in [0.3, 0.4) is 0 Å². The molecule has 0 unspecified atom stereocenters. The fraction of sp³-hybridized carbons (Fsp3) is 0.143. The van der Waals surface area contributed by atoms with E-state index in [1.165, 1.54) is 12.5 Å². The van der Waals surface area contributed by atoms with Crippen LogP contribution in [0.25, 0.3) is 10.4 Å². The third kappa shape index (κ3) is 4.52. The molecule has 21 heavy (non-hydrogen) atoms. The topological polar surface area (TPSA) is 112 Å². The minimum absolute atomic E-state index is 0.110. The minimum Gasteiger partial charge on any atom is -0.507 e. The van der Waals surface area contributed by atoms with Crippen LogP contribution in [0.15, 0.2) is 47.6 Å². The second-order valence-corrected chi connectivity index (χ2v) is 4.18. The Bertz CT molecular complexity index is 680. The Morgan fingerprint density at radius 3 is 2.24 bits per heavy atom. The summed E-state index contributed by atoms with van der Waals surface area (Å²) < 4.78 is 0. The van der Waals surface area contributed by atoms with E-state index in [2.05, 4.69) is 29.1 Å². The lowest BCUT2D eigenvalue weighted by atomic mass is 10.1. The molecule has 2 aromatic carbocycles. The molecule has 0 bridgehead atoms. The highest BCUT2D eigenvalue weighted by Crippen LogP contribution is 2.35. The van der Waals surface area contributed by atoms with Gasteiger partial charge in [-0.3, -0.25) is 10.1 Å². The predicted octanol–water partition coefficient (Wildman–Crippen LogP) is 4.55. The molecule has 0 heterocycles. The highest BCUT2D eigenvalue weighted by molar-refractivity contribution is 5.64. The van der Waals surface area contributed by atoms with Gasteiger partial charge in [0.15, 0.2) is 0 Å². The fourth-order valence-electron chi connectivity index (χ4n) is 1.58. The van der Waals surface area contributed by atoms with Crippen LogP contribution in [-0.2, 0) is 0 Å². The summed E-state index contributed by atoms with van der Waals surface area (Å²) in [6.07, 6.45) is 0. The number of phenolic OH excluding ortho intramolecular Hbond substituents is 1. The molecule has 0 aliphatic rings. The van der Waals surface area contributed by atoms with Crippen molar-refractivity contribution in [3.63, 3.8) is 0 Å². The van der Waals surface area contributed by atoms with Gasteiger partial charge in [-0.1, -0.05) is 41.0 Å². The van der Waals surface area contributed by atoms with Crippen molar-refractivity contribution in [1.82, 2.24) is 0 Å². The number of aromatic hydroxyl groups is 1. The summed E-state index contributed by atoms with van der Waals surface area (Å²) in [5, 5.41) is 22.9. The van der Waals surface area contributed by atoms with E-state index >= 15 is 0 Å². The van der Waals surface area contributed by atoms with E-state index in [1.807, 2.05) is 18.2 Å². The molecule has 108 valence electrons. The molecular weight excluding hydrogens is 272 g/mol. The number of azide groups is 1. The van der Waals surface area contributed by atoms with E-state index < -0.39 is 4.92 Å². The molecule has 0 saturated carbocycles. The molecule has 2 rings (SSSR count). The zero-order chi connectivity index (χ0) is 15.8. The van der Waals surface area contributed by atoms with Crippen molar-refractivity contribution < 1.29 is 10.0 Å². The Kier molecular flexibility index (Phi) is 5.73. The van der Waals surface area contributed by atoms with Gasteiger partial charge in [-0.05, 0) is 25.4 Å². The van der Waals surface area contributed by atoms with Gasteiger partial charge in [0, 0.05) is 16.5 Å². The molecule has 0 saturated heterocycles. The Hall–Kier alpha value is -3.05. The van der Waals surface area contributed by atoms with Crippen LogP contribution in [0.5, 0.6) is 5.75 Å². The van der Waals surface area contributed by atoms with E-state index in [4.69, 9.17) is 5.53 Å². The summed E-state index contributed by atoms with van der Waals surface area (Å²) in [6, 6.07) is 12.5. The first-order chi connectivity index (χ1) is 9.97. The lowest BCUT2D eigenvalue weighted by Crippen LogP contribution is -1.91. The second kappa shape index (κ2) is 7.52. The number of benzene rings is 2. The number of hydrogen-bond donors (Lipinski definition) is 1. The van der Waals surface area contributed by atoms with Gasteiger partial charge in [0.2, 0.25) is 0 Å². The van der Waals surface area contributed by atoms with E-state index in [0.29, 0.717) is 0 Å². The number of hydrogen-bond acceptors (Lipinski definition) is 4. The summed E-state index contributed by atoms with van der Waals surface area (Å²) in [5.74, 6) is -0.272. The Balaban J connectivity index is 0.000000262. The number of nitrogens with zero attached hydrogens (tertiary/aromatic N) is 4. The molecule has 1 N–H and O–H groups in total. The van der Waals surface area contributed by atoms with Crippen molar-refractivity contribution in [2.45, 2.75) is 13.8 Å². The highest BCUT2D eigenvalue weighted by Gasteiger charge is 2.15. The largest absolute Gasteiger partial charge is 0.507 e. The van der Waals surface area contributed by atoms with Gasteiger partial charge < -0.3 is 5.11 Å². The van der Waals surface area contributed by atoms with Crippen molar-refractivity contribution >= 4 is 11.4 Å². The zero-order valence-corrected chi connectivity index (χ0v) is 11.6. The SMILES string of the molecule is Cc1c([N+](=O)[O-])ccc(O)c1N=[N+]=[N-].Cc1ccccc1. The molecule has 0 spiro atoms. The van der Waals surface area contributed by atoms with Gasteiger partial charge in [0.25, 0.3) is 5.69 Å². The maximum Gasteiger partial charge on any atom is 0.273 e. The van der Waals surface area contributed by atoms with Crippen molar-refractivity contribution in [2.75, 3.05) is 0 Å². The Labute approximate surface area is 121 Å². The van der Waals surface area contributed by atoms with Crippen molar-refractivity contribution in [3.05, 3.63) is 74.1 Å². The van der Waals surface area contributed by atoms with E-state index in [0.717, 1.165) is 12.1 Å². The van der Waals surface area contributed by atoms with Gasteiger partial charge in [-0.25, -0.2) is 0 Å². The van der Waals surface area contributed by atoms with Gasteiger partial charge in [0.05, 0.1) is 10.6 Å². The van der Waals surface area contributed by atoms with E-state index in [1.54, 1.807) is 0 Å². The average molecular weight is 286 g/mol. The molecule has 2 aromatic rings. The van der Waals surface area contributed by atoms with Crippen LogP contribution in [0.1, 0.15) is 11.1 Å². The number of rotatable bonds is 2. The van der Waals surface area contributed by atoms with E-state index in [-0.39, 0.29) is 22.7 Å². The van der Waals surface area contributed by atoms with Crippen LogP contribution >= 0.6 is 0 Å². The van der Waals surface area contributed by atoms with Gasteiger partial charge in [-0.15, -0.1) is 0 Å². The molecule has 0 aliphatic heterocycles. The average Bonchev–Trinajstić information content (AvgIpc) is 2.44. The summed E-state index contributed by atoms with van der Waals surface area (Å²) in [7, 11) is 0. The van der Waals surface area contributed by atoms with Crippen molar-refractivity contribution in [2.24, 2.45) is 5.11 Å². The standard InChI is InChI=1S/C7H6N4O3.C7H8/c1-4-5(11(13)14)2-3-6(12)7(4)9-10-8;1-7-5-3-2-4-6-7/h2-3,12H,1H3;2-6H,1H3. The van der Waals surface area contributed by atoms with Gasteiger partial charge in [-0.2, -0.15) is 0 Å². The predicted molar refractivity (Wildman–Crippen MR) is 79.5 cm³/mol. The summed E-state index contributed by atoms with van der Waals surface area (Å²) in [4.78, 5) is 12.3. The maximum absolute atomic E-state index is 10.5. The molecule has 0 aliphatic carbocycles. The first kappa shape index (κ1) is 16.0. The van der Waals surface area contributed by atoms with Crippen molar-refractivity contribution in [3.8, 4) is 5.75 Å². The number of nitro benzene ring substituents is 1. The Morgan fingerprint density at radius 1 is 1.19 bits per heavy atom. The van der Waals surface area contributed by atoms with Gasteiger partial charge >= 0.3 is 0 Å². The van der Waals surface area contributed by atoms with Crippen LogP contribution in [0, 0.1) is 24.0 Å². The molecule has 7 heteroatoms. The summed E-state index contributed by atoms with van der Waals surface area (Å²) in [6.45, 7) is 3.49. The molecule has 0 aromatic heterocycles. The first-order valence-corrected chi connectivity index (χ1v) is 6.01. The first-order valence-electron chi connectivity index (χ1n) is 6.01. The molecule has 0 amide bonds. The number of phenols is 1. The number of aryl methyl sites for hydroxylation is 1. The van der Waals surface area contributed by atoms with Crippen LogP contribution < -0.4 is 0 Å². The molecule has 0 fully saturated rings. The third-order valence-electron chi connectivity index (χ3n) is 2.66. The highest BCUT2D eigenvalue weighted by atomic mass is 16.6. The second-order valence-electron chi connectivity index (χ2n) is 4.18. The minimum atomic E-state index is -0.606. The molecule has 0 atom stereocenters. The van der Waals surface area contributed by atoms with Gasteiger partial charge in [0.1, 0.15) is 5.75 Å². The zero-order valence-electron chi connectivity index (χ0n) is 11.6. The quantitative estimate of drug-likeness (QED) is 0.287. The van der Waals surface area contributed by atoms with E-state index in [9.17, 15) is 15.2 Å². The molecule has 7 nitrogen and oxygen atoms in total. The third-order valence-corrected chi connectivity index (χ3v) is 2.66. The lowest BCUT2D eigenvalue weighted by Gasteiger charge is -2.02. The number of nitro groups is 1. The van der Waals surface area contributed by atoms with Crippen LogP contribution in [-0.4, -0.2) is 10.0 Å². The Morgan fingerprint density at radius 2 is 1.81 bits per heavy atom. The normalized spacial score (nSPS) is 9.05. The maximum atomic E-state index is 10.5. The summed E-state index contributed by atoms with van der Waals surface area (Å²) >= 11 is 0. The monoisotopic (exact) mass is 286 g/mol.